The van der Waals surface area contributed by atoms with Crippen LogP contribution in [0.3, 0.4) is 0 Å². The summed E-state index contributed by atoms with van der Waals surface area (Å²) in [6.07, 6.45) is 7.15. The van der Waals surface area contributed by atoms with E-state index in [1.807, 2.05) is 0 Å². The molecular weight excluding hydrogens is 601 g/mol. The Kier molecular flexibility index (Phi) is 5.49. The maximum absolute atomic E-state index is 2.59. The Balaban J connectivity index is 1.14. The molecule has 0 nitrogen and oxygen atoms in total. The second-order valence-electron chi connectivity index (χ2n) is 16.0. The fourth-order valence-electron chi connectivity index (χ4n) is 12.3. The lowest BCUT2D eigenvalue weighted by atomic mass is 9.43. The third kappa shape index (κ3) is 3.47. The molecule has 0 N–H and O–H groups in total. The Morgan fingerprint density at radius 3 is 1.64 bits per heavy atom. The van der Waals surface area contributed by atoms with Crippen LogP contribution in [0, 0.1) is 23.7 Å². The highest BCUT2D eigenvalue weighted by atomic mass is 14.6. The van der Waals surface area contributed by atoms with Gasteiger partial charge >= 0.3 is 0 Å². The molecule has 0 radical (unpaired) electrons. The van der Waals surface area contributed by atoms with Crippen molar-refractivity contribution in [1.29, 1.82) is 0 Å². The van der Waals surface area contributed by atoms with Crippen molar-refractivity contribution in [3.8, 4) is 33.4 Å². The van der Waals surface area contributed by atoms with E-state index < -0.39 is 0 Å². The van der Waals surface area contributed by atoms with Gasteiger partial charge in [-0.25, -0.2) is 0 Å². The van der Waals surface area contributed by atoms with Crippen LogP contribution in [0.2, 0.25) is 0 Å². The fourth-order valence-corrected chi connectivity index (χ4v) is 12.3. The summed E-state index contributed by atoms with van der Waals surface area (Å²) in [5, 5.41) is 10.6. The first-order chi connectivity index (χ1) is 24.8. The van der Waals surface area contributed by atoms with Crippen LogP contribution in [0.15, 0.2) is 146 Å². The summed E-state index contributed by atoms with van der Waals surface area (Å²) in [7, 11) is 0. The van der Waals surface area contributed by atoms with Gasteiger partial charge in [0.15, 0.2) is 0 Å². The van der Waals surface area contributed by atoms with E-state index in [1.165, 1.54) is 109 Å². The molecular formula is C50H38. The molecule has 5 aliphatic rings. The summed E-state index contributed by atoms with van der Waals surface area (Å²) >= 11 is 0. The zero-order chi connectivity index (χ0) is 32.6. The Hall–Kier alpha value is -5.20. The molecule has 8 aromatic rings. The Morgan fingerprint density at radius 1 is 0.360 bits per heavy atom. The smallest absolute Gasteiger partial charge is 0.0272 e. The number of fused-ring (bicyclic) bond motifs is 8. The fraction of sp³-hybridized carbons (Fsp3) is 0.200. The summed E-state index contributed by atoms with van der Waals surface area (Å²) in [4.78, 5) is 0. The van der Waals surface area contributed by atoms with Crippen LogP contribution < -0.4 is 0 Å². The van der Waals surface area contributed by atoms with E-state index in [0.717, 1.165) is 23.7 Å². The Bertz CT molecular complexity index is 2640. The predicted octanol–water partition coefficient (Wildman–Crippen LogP) is 13.4. The van der Waals surface area contributed by atoms with Gasteiger partial charge in [0, 0.05) is 5.41 Å². The highest BCUT2D eigenvalue weighted by Gasteiger charge is 2.61. The number of hydrogen-bond donors (Lipinski definition) is 0. The standard InChI is InChI=1S/C50H38/c1-2-11-33-29-34(21-20-32(33)10-1)47-40-12-3-5-14-42(40)48(43-15-6-4-13-41(43)47)38-17-9-18-39-37(38)22-23-46-49(39)44-16-7-8-19-45(44)50(46)35-25-30-24-31(27-35)28-36(50)26-30/h1-23,29-31,35-36H,24-28H2. The normalized spacial score (nSPS) is 24.5. The highest BCUT2D eigenvalue weighted by Crippen LogP contribution is 2.70. The number of rotatable bonds is 2. The van der Waals surface area contributed by atoms with Crippen LogP contribution in [0.5, 0.6) is 0 Å². The van der Waals surface area contributed by atoms with Crippen LogP contribution in [0.25, 0.3) is 76.5 Å². The average molecular weight is 639 g/mol. The number of hydrogen-bond acceptors (Lipinski definition) is 0. The molecule has 0 saturated heterocycles. The molecule has 0 unspecified atom stereocenters. The van der Waals surface area contributed by atoms with Crippen molar-refractivity contribution in [1.82, 2.24) is 0 Å². The van der Waals surface area contributed by atoms with Gasteiger partial charge in [0.25, 0.3) is 0 Å². The van der Waals surface area contributed by atoms with Crippen molar-refractivity contribution in [3.05, 3.63) is 157 Å². The largest absolute Gasteiger partial charge is 0.0619 e. The van der Waals surface area contributed by atoms with Gasteiger partial charge in [-0.15, -0.1) is 0 Å². The van der Waals surface area contributed by atoms with Gasteiger partial charge < -0.3 is 0 Å². The first kappa shape index (κ1) is 27.6. The first-order valence-corrected chi connectivity index (χ1v) is 18.9. The third-order valence-electron chi connectivity index (χ3n) is 13.8. The Morgan fingerprint density at radius 2 is 0.920 bits per heavy atom. The van der Waals surface area contributed by atoms with E-state index in [9.17, 15) is 0 Å². The molecule has 0 aliphatic heterocycles. The van der Waals surface area contributed by atoms with Gasteiger partial charge in [0.2, 0.25) is 0 Å². The molecule has 0 heteroatoms. The van der Waals surface area contributed by atoms with Crippen LogP contribution in [-0.2, 0) is 5.41 Å². The molecule has 0 amide bonds. The molecule has 8 aromatic carbocycles. The summed E-state index contributed by atoms with van der Waals surface area (Å²) in [6, 6.07) is 55.8. The van der Waals surface area contributed by atoms with Crippen LogP contribution >= 0.6 is 0 Å². The second kappa shape index (κ2) is 9.95. The van der Waals surface area contributed by atoms with Crippen molar-refractivity contribution in [2.45, 2.75) is 37.5 Å². The van der Waals surface area contributed by atoms with Crippen molar-refractivity contribution in [2.24, 2.45) is 23.7 Å². The Labute approximate surface area is 293 Å². The predicted molar refractivity (Wildman–Crippen MR) is 211 cm³/mol. The van der Waals surface area contributed by atoms with Gasteiger partial charge in [0.05, 0.1) is 0 Å². The van der Waals surface area contributed by atoms with Gasteiger partial charge in [-0.1, -0.05) is 140 Å². The van der Waals surface area contributed by atoms with Gasteiger partial charge in [0.1, 0.15) is 0 Å². The molecule has 0 heterocycles. The summed E-state index contributed by atoms with van der Waals surface area (Å²) in [5.41, 5.74) is 11.8. The maximum Gasteiger partial charge on any atom is 0.0272 e. The molecule has 4 bridgehead atoms. The van der Waals surface area contributed by atoms with Crippen LogP contribution in [0.4, 0.5) is 0 Å². The summed E-state index contributed by atoms with van der Waals surface area (Å²) in [5.74, 6) is 3.45. The summed E-state index contributed by atoms with van der Waals surface area (Å²) < 4.78 is 0. The molecule has 5 aliphatic carbocycles. The lowest BCUT2D eigenvalue weighted by Crippen LogP contribution is -2.55. The maximum atomic E-state index is 2.59. The zero-order valence-electron chi connectivity index (χ0n) is 28.2. The molecule has 0 atom stereocenters. The van der Waals surface area contributed by atoms with E-state index in [2.05, 4.69) is 146 Å². The van der Waals surface area contributed by atoms with Gasteiger partial charge in [-0.3, -0.25) is 0 Å². The average Bonchev–Trinajstić information content (AvgIpc) is 3.46. The first-order valence-electron chi connectivity index (χ1n) is 18.9. The molecule has 13 rings (SSSR count). The lowest BCUT2D eigenvalue weighted by Gasteiger charge is -2.61. The minimum absolute atomic E-state index is 0.185. The SMILES string of the molecule is c1ccc2c(c1)-c1c(ccc3c(-c4c5ccccc5c(-c5ccc6ccccc6c5)c5ccccc45)cccc13)C21C2CC3CC(C2)CC1C3. The van der Waals surface area contributed by atoms with Crippen LogP contribution in [0.1, 0.15) is 43.2 Å². The monoisotopic (exact) mass is 638 g/mol. The quantitative estimate of drug-likeness (QED) is 0.165. The van der Waals surface area contributed by atoms with E-state index >= 15 is 0 Å². The lowest BCUT2D eigenvalue weighted by molar-refractivity contribution is -0.0399. The van der Waals surface area contributed by atoms with Crippen molar-refractivity contribution in [3.63, 3.8) is 0 Å². The third-order valence-corrected chi connectivity index (χ3v) is 13.8. The molecule has 0 aromatic heterocycles. The van der Waals surface area contributed by atoms with Crippen LogP contribution in [-0.4, -0.2) is 0 Å². The minimum Gasteiger partial charge on any atom is -0.0619 e. The molecule has 238 valence electrons. The second-order valence-corrected chi connectivity index (χ2v) is 16.0. The minimum atomic E-state index is 0.185. The molecule has 4 fully saturated rings. The topological polar surface area (TPSA) is 0 Å². The van der Waals surface area contributed by atoms with Crippen molar-refractivity contribution >= 4 is 43.1 Å². The van der Waals surface area contributed by atoms with Gasteiger partial charge in [-0.05, 0) is 149 Å². The van der Waals surface area contributed by atoms with E-state index in [1.54, 1.807) is 11.1 Å². The molecule has 1 spiro atoms. The van der Waals surface area contributed by atoms with Crippen molar-refractivity contribution < 1.29 is 0 Å². The summed E-state index contributed by atoms with van der Waals surface area (Å²) in [6.45, 7) is 0. The zero-order valence-corrected chi connectivity index (χ0v) is 28.2. The molecule has 4 saturated carbocycles. The van der Waals surface area contributed by atoms with Crippen molar-refractivity contribution in [2.75, 3.05) is 0 Å². The van der Waals surface area contributed by atoms with Gasteiger partial charge in [-0.2, -0.15) is 0 Å². The van der Waals surface area contributed by atoms with E-state index in [0.29, 0.717) is 0 Å². The molecule has 50 heavy (non-hydrogen) atoms. The van der Waals surface area contributed by atoms with E-state index in [-0.39, 0.29) is 5.41 Å². The highest BCUT2D eigenvalue weighted by molar-refractivity contribution is 6.24. The number of benzene rings is 8. The van der Waals surface area contributed by atoms with E-state index in [4.69, 9.17) is 0 Å².